The van der Waals surface area contributed by atoms with Gasteiger partial charge in [-0.1, -0.05) is 42.3 Å². The summed E-state index contributed by atoms with van der Waals surface area (Å²) in [4.78, 5) is 15.5. The SMILES string of the molecule is C#CC(=C\C=C(/C)c1ccccc1)/C(/C=N\N/C=C/C(C)=O)=C\N=CC1CCN(S(=O)(=O)CC)CC1. The summed E-state index contributed by atoms with van der Waals surface area (Å²) in [7, 11) is -3.16. The van der Waals surface area contributed by atoms with Crippen LogP contribution in [0.2, 0.25) is 0 Å². The first-order valence-corrected chi connectivity index (χ1v) is 13.5. The number of carbonyl (C=O) groups excluding carboxylic acids is 1. The Hall–Kier alpha value is -3.54. The van der Waals surface area contributed by atoms with Crippen molar-refractivity contribution in [2.75, 3.05) is 18.8 Å². The van der Waals surface area contributed by atoms with Crippen molar-refractivity contribution in [3.63, 3.8) is 0 Å². The van der Waals surface area contributed by atoms with Crippen molar-refractivity contribution in [3.05, 3.63) is 77.7 Å². The maximum absolute atomic E-state index is 12.1. The Labute approximate surface area is 215 Å². The molecule has 0 atom stereocenters. The number of hydrogen-bond acceptors (Lipinski definition) is 6. The van der Waals surface area contributed by atoms with Gasteiger partial charge in [0, 0.05) is 42.9 Å². The van der Waals surface area contributed by atoms with Gasteiger partial charge in [0.25, 0.3) is 0 Å². The molecule has 0 radical (unpaired) electrons. The van der Waals surface area contributed by atoms with Crippen LogP contribution in [0.3, 0.4) is 0 Å². The predicted octanol–water partition coefficient (Wildman–Crippen LogP) is 4.34. The van der Waals surface area contributed by atoms with E-state index < -0.39 is 10.0 Å². The van der Waals surface area contributed by atoms with Crippen LogP contribution >= 0.6 is 0 Å². The van der Waals surface area contributed by atoms with Crippen molar-refractivity contribution in [3.8, 4) is 12.3 Å². The average molecular weight is 507 g/mol. The topological polar surface area (TPSA) is 91.2 Å². The van der Waals surface area contributed by atoms with Gasteiger partial charge in [-0.25, -0.2) is 12.7 Å². The van der Waals surface area contributed by atoms with E-state index in [9.17, 15) is 13.2 Å². The molecule has 36 heavy (non-hydrogen) atoms. The number of terminal acetylenes is 1. The molecule has 1 aromatic rings. The Morgan fingerprint density at radius 2 is 1.89 bits per heavy atom. The van der Waals surface area contributed by atoms with Crippen molar-refractivity contribution in [1.29, 1.82) is 0 Å². The Kier molecular flexibility index (Phi) is 11.8. The number of benzene rings is 1. The number of piperidine rings is 1. The summed E-state index contributed by atoms with van der Waals surface area (Å²) in [6.45, 7) is 6.11. The van der Waals surface area contributed by atoms with Gasteiger partial charge in [0.2, 0.25) is 10.0 Å². The number of hydrazone groups is 1. The van der Waals surface area contributed by atoms with Gasteiger partial charge in [0.1, 0.15) is 0 Å². The number of nitrogens with zero attached hydrogens (tertiary/aromatic N) is 3. The maximum Gasteiger partial charge on any atom is 0.213 e. The van der Waals surface area contributed by atoms with E-state index in [1.165, 1.54) is 19.2 Å². The highest BCUT2D eigenvalue weighted by atomic mass is 32.2. The molecule has 1 aromatic carbocycles. The minimum absolute atomic E-state index is 0.0958. The number of sulfonamides is 1. The third kappa shape index (κ3) is 9.61. The van der Waals surface area contributed by atoms with Crippen LogP contribution < -0.4 is 5.43 Å². The van der Waals surface area contributed by atoms with Crippen LogP contribution in [0.5, 0.6) is 0 Å². The molecule has 8 heteroatoms. The highest BCUT2D eigenvalue weighted by molar-refractivity contribution is 7.89. The van der Waals surface area contributed by atoms with Crippen molar-refractivity contribution in [1.82, 2.24) is 9.73 Å². The lowest BCUT2D eigenvalue weighted by atomic mass is 10.00. The lowest BCUT2D eigenvalue weighted by Crippen LogP contribution is -2.39. The number of rotatable bonds is 11. The first-order chi connectivity index (χ1) is 17.3. The van der Waals surface area contributed by atoms with Crippen LogP contribution in [-0.4, -0.2) is 49.8 Å². The van der Waals surface area contributed by atoms with E-state index in [0.29, 0.717) is 37.1 Å². The Morgan fingerprint density at radius 1 is 1.19 bits per heavy atom. The van der Waals surface area contributed by atoms with E-state index >= 15 is 0 Å². The van der Waals surface area contributed by atoms with Crippen molar-refractivity contribution in [2.45, 2.75) is 33.6 Å². The highest BCUT2D eigenvalue weighted by Crippen LogP contribution is 2.19. The van der Waals surface area contributed by atoms with Crippen LogP contribution in [-0.2, 0) is 14.8 Å². The predicted molar refractivity (Wildman–Crippen MR) is 149 cm³/mol. The van der Waals surface area contributed by atoms with Crippen LogP contribution in [0.25, 0.3) is 5.57 Å². The minimum atomic E-state index is -3.16. The van der Waals surface area contributed by atoms with Crippen LogP contribution in [0.4, 0.5) is 0 Å². The zero-order chi connectivity index (χ0) is 26.4. The summed E-state index contributed by atoms with van der Waals surface area (Å²) in [5.74, 6) is 2.90. The number of allylic oxidation sites excluding steroid dienone is 6. The van der Waals surface area contributed by atoms with E-state index in [1.54, 1.807) is 23.6 Å². The standard InChI is InChI=1S/C28H34N4O3S/c1-5-26(13-12-23(3)27-10-8-7-9-11-27)28(22-31-30-17-14-24(4)33)21-29-20-25-15-18-32(19-16-25)36(34,35)6-2/h1,7-14,17,20-22,25,30H,6,15-16,18-19H2,2-4H3/b17-14+,23-12+,26-13+,28-21-,29-20?,31-22-. The molecule has 1 aliphatic heterocycles. The number of hydrogen-bond donors (Lipinski definition) is 1. The minimum Gasteiger partial charge on any atom is -0.295 e. The third-order valence-electron chi connectivity index (χ3n) is 5.63. The monoisotopic (exact) mass is 506 g/mol. The molecule has 0 aliphatic carbocycles. The van der Waals surface area contributed by atoms with E-state index in [1.807, 2.05) is 55.6 Å². The smallest absolute Gasteiger partial charge is 0.213 e. The van der Waals surface area contributed by atoms with Gasteiger partial charge in [-0.2, -0.15) is 5.10 Å². The molecule has 1 aliphatic rings. The molecule has 0 saturated carbocycles. The summed E-state index contributed by atoms with van der Waals surface area (Å²) in [5.41, 5.74) is 6.03. The maximum atomic E-state index is 12.1. The molecule has 1 heterocycles. The fourth-order valence-corrected chi connectivity index (χ4v) is 4.57. The number of aliphatic imine (C=N–C) groups is 1. The summed E-state index contributed by atoms with van der Waals surface area (Å²) < 4.78 is 25.7. The molecule has 0 spiro atoms. The molecule has 1 saturated heterocycles. The quantitative estimate of drug-likeness (QED) is 0.159. The molecule has 0 aromatic heterocycles. The number of nitrogens with one attached hydrogen (secondary N) is 1. The van der Waals surface area contributed by atoms with Gasteiger partial charge < -0.3 is 0 Å². The second-order valence-electron chi connectivity index (χ2n) is 8.29. The molecular weight excluding hydrogens is 472 g/mol. The summed E-state index contributed by atoms with van der Waals surface area (Å²) in [5, 5.41) is 4.12. The third-order valence-corrected chi connectivity index (χ3v) is 7.52. The fourth-order valence-electron chi connectivity index (χ4n) is 3.44. The van der Waals surface area contributed by atoms with Gasteiger partial charge in [-0.05, 0) is 62.8 Å². The van der Waals surface area contributed by atoms with Gasteiger partial charge >= 0.3 is 0 Å². The molecule has 0 amide bonds. The van der Waals surface area contributed by atoms with Crippen LogP contribution in [0.15, 0.2) is 82.2 Å². The van der Waals surface area contributed by atoms with Crippen molar-refractivity contribution < 1.29 is 13.2 Å². The van der Waals surface area contributed by atoms with Crippen LogP contribution in [0.1, 0.15) is 39.2 Å². The largest absolute Gasteiger partial charge is 0.295 e. The molecular formula is C28H34N4O3S. The lowest BCUT2D eigenvalue weighted by molar-refractivity contribution is -0.112. The Balaban J connectivity index is 2.21. The number of carbonyl (C=O) groups is 1. The summed E-state index contributed by atoms with van der Waals surface area (Å²) in [6, 6.07) is 9.98. The van der Waals surface area contributed by atoms with Gasteiger partial charge in [0.05, 0.1) is 12.0 Å². The normalized spacial score (nSPS) is 17.2. The molecule has 190 valence electrons. The second-order valence-corrected chi connectivity index (χ2v) is 10.5. The summed E-state index contributed by atoms with van der Waals surface area (Å²) >= 11 is 0. The highest BCUT2D eigenvalue weighted by Gasteiger charge is 2.25. The fraction of sp³-hybridized carbons (Fsp3) is 0.321. The van der Waals surface area contributed by atoms with Crippen molar-refractivity contribution >= 4 is 33.8 Å². The first-order valence-electron chi connectivity index (χ1n) is 11.8. The van der Waals surface area contributed by atoms with E-state index in [-0.39, 0.29) is 17.5 Å². The van der Waals surface area contributed by atoms with E-state index in [4.69, 9.17) is 6.42 Å². The van der Waals surface area contributed by atoms with Crippen LogP contribution in [0, 0.1) is 18.3 Å². The lowest BCUT2D eigenvalue weighted by Gasteiger charge is -2.29. The molecule has 7 nitrogen and oxygen atoms in total. The number of ketones is 1. The molecule has 1 N–H and O–H groups in total. The molecule has 1 fully saturated rings. The van der Waals surface area contributed by atoms with Gasteiger partial charge in [-0.15, -0.1) is 6.42 Å². The molecule has 0 unspecified atom stereocenters. The van der Waals surface area contributed by atoms with Gasteiger partial charge in [-0.3, -0.25) is 15.2 Å². The Bertz CT molecular complexity index is 1210. The van der Waals surface area contributed by atoms with E-state index in [2.05, 4.69) is 21.4 Å². The van der Waals surface area contributed by atoms with Gasteiger partial charge in [0.15, 0.2) is 5.78 Å². The first kappa shape index (κ1) is 28.7. The zero-order valence-electron chi connectivity index (χ0n) is 21.1. The second kappa shape index (κ2) is 14.8. The van der Waals surface area contributed by atoms with E-state index in [0.717, 1.165) is 11.1 Å². The summed E-state index contributed by atoms with van der Waals surface area (Å²) in [6.07, 6.45) is 18.9. The van der Waals surface area contributed by atoms with Crippen molar-refractivity contribution in [2.24, 2.45) is 16.0 Å². The Morgan fingerprint density at radius 3 is 2.50 bits per heavy atom. The average Bonchev–Trinajstić information content (AvgIpc) is 2.88. The zero-order valence-corrected chi connectivity index (χ0v) is 21.9. The molecule has 2 rings (SSSR count). The molecule has 0 bridgehead atoms.